The Morgan fingerprint density at radius 3 is 2.96 bits per heavy atom. The number of halogens is 1. The Morgan fingerprint density at radius 2 is 2.30 bits per heavy atom. The molecule has 2 aromatic rings. The van der Waals surface area contributed by atoms with Crippen LogP contribution in [-0.4, -0.2) is 32.5 Å². The Bertz CT molecular complexity index is 689. The fraction of sp³-hybridized carbons (Fsp3) is 0.438. The molecule has 0 aliphatic carbocycles. The fourth-order valence-electron chi connectivity index (χ4n) is 3.13. The molecule has 0 amide bonds. The molecule has 6 nitrogen and oxygen atoms in total. The standard InChI is InChI=1S/C16H19FN4O2/c1-12-4-6-19(10-16(12)20-7-5-18-11-20)9-13-2-3-14(21(22)23)8-15(13)17/h2-3,5,7-8,11-12,16H,4,6,9-10H2,1H3/t12-,16+/m1/s1. The number of non-ortho nitro benzene ring substituents is 1. The van der Waals surface area contributed by atoms with Crippen LogP contribution in [0, 0.1) is 21.8 Å². The lowest BCUT2D eigenvalue weighted by atomic mass is 9.93. The first-order valence-corrected chi connectivity index (χ1v) is 7.67. The Kier molecular flexibility index (Phi) is 4.38. The van der Waals surface area contributed by atoms with Gasteiger partial charge in [0.05, 0.1) is 17.3 Å². The number of hydrogen-bond donors (Lipinski definition) is 0. The number of benzene rings is 1. The second-order valence-corrected chi connectivity index (χ2v) is 6.11. The SMILES string of the molecule is C[C@@H]1CCN(Cc2ccc([N+](=O)[O-])cc2F)C[C@@H]1n1ccnc1. The summed E-state index contributed by atoms with van der Waals surface area (Å²) in [6.07, 6.45) is 6.56. The predicted molar refractivity (Wildman–Crippen MR) is 83.4 cm³/mol. The predicted octanol–water partition coefficient (Wildman–Crippen LogP) is 3.01. The summed E-state index contributed by atoms with van der Waals surface area (Å²) in [4.78, 5) is 16.4. The van der Waals surface area contributed by atoms with Crippen LogP contribution >= 0.6 is 0 Å². The van der Waals surface area contributed by atoms with E-state index in [0.717, 1.165) is 25.6 Å². The summed E-state index contributed by atoms with van der Waals surface area (Å²) in [5, 5.41) is 10.7. The minimum Gasteiger partial charge on any atom is -0.333 e. The van der Waals surface area contributed by atoms with Gasteiger partial charge in [-0.1, -0.05) is 6.92 Å². The highest BCUT2D eigenvalue weighted by Gasteiger charge is 2.27. The summed E-state index contributed by atoms with van der Waals surface area (Å²) in [6.45, 7) is 4.38. The van der Waals surface area contributed by atoms with Gasteiger partial charge < -0.3 is 4.57 Å². The van der Waals surface area contributed by atoms with Gasteiger partial charge in [0.25, 0.3) is 5.69 Å². The van der Waals surface area contributed by atoms with Gasteiger partial charge in [0.1, 0.15) is 5.82 Å². The summed E-state index contributed by atoms with van der Waals surface area (Å²) < 4.78 is 16.2. The molecule has 1 aliphatic rings. The lowest BCUT2D eigenvalue weighted by Gasteiger charge is -2.37. The van der Waals surface area contributed by atoms with Crippen molar-refractivity contribution in [3.05, 3.63) is 58.4 Å². The zero-order valence-corrected chi connectivity index (χ0v) is 12.9. The molecule has 3 rings (SSSR count). The summed E-state index contributed by atoms with van der Waals surface area (Å²) in [5.74, 6) is 0.0131. The molecule has 1 aromatic heterocycles. The van der Waals surface area contributed by atoms with E-state index in [-0.39, 0.29) is 5.69 Å². The topological polar surface area (TPSA) is 64.2 Å². The Balaban J connectivity index is 1.72. The molecule has 2 atom stereocenters. The molecule has 0 unspecified atom stereocenters. The number of likely N-dealkylation sites (tertiary alicyclic amines) is 1. The van der Waals surface area contributed by atoms with Gasteiger partial charge in [-0.05, 0) is 24.9 Å². The van der Waals surface area contributed by atoms with Crippen molar-refractivity contribution in [2.45, 2.75) is 25.9 Å². The van der Waals surface area contributed by atoms with Crippen LogP contribution in [0.5, 0.6) is 0 Å². The number of piperidine rings is 1. The van der Waals surface area contributed by atoms with E-state index in [1.165, 1.54) is 12.1 Å². The van der Waals surface area contributed by atoms with Gasteiger partial charge in [-0.25, -0.2) is 9.37 Å². The lowest BCUT2D eigenvalue weighted by molar-refractivity contribution is -0.385. The second-order valence-electron chi connectivity index (χ2n) is 6.11. The molecule has 1 aromatic carbocycles. The van der Waals surface area contributed by atoms with Crippen LogP contribution in [-0.2, 0) is 6.54 Å². The van der Waals surface area contributed by atoms with Gasteiger partial charge in [0.2, 0.25) is 0 Å². The smallest absolute Gasteiger partial charge is 0.272 e. The Labute approximate surface area is 133 Å². The third-order valence-corrected chi connectivity index (χ3v) is 4.55. The number of nitro groups is 1. The maximum absolute atomic E-state index is 14.1. The monoisotopic (exact) mass is 318 g/mol. The van der Waals surface area contributed by atoms with E-state index < -0.39 is 10.7 Å². The number of nitro benzene ring substituents is 1. The molecule has 0 spiro atoms. The summed E-state index contributed by atoms with van der Waals surface area (Å²) >= 11 is 0. The molecule has 7 heteroatoms. The molecule has 122 valence electrons. The number of rotatable bonds is 4. The van der Waals surface area contributed by atoms with Crippen molar-refractivity contribution in [2.75, 3.05) is 13.1 Å². The van der Waals surface area contributed by atoms with E-state index >= 15 is 0 Å². The molecular weight excluding hydrogens is 299 g/mol. The molecule has 0 N–H and O–H groups in total. The maximum Gasteiger partial charge on any atom is 0.272 e. The van der Waals surface area contributed by atoms with Crippen LogP contribution in [0.4, 0.5) is 10.1 Å². The minimum atomic E-state index is -0.579. The summed E-state index contributed by atoms with van der Waals surface area (Å²) in [5.41, 5.74) is 0.282. The van der Waals surface area contributed by atoms with Gasteiger partial charge in [0.15, 0.2) is 0 Å². The van der Waals surface area contributed by atoms with E-state index in [2.05, 4.69) is 21.4 Å². The van der Waals surface area contributed by atoms with E-state index in [4.69, 9.17) is 0 Å². The van der Waals surface area contributed by atoms with Crippen LogP contribution < -0.4 is 0 Å². The molecule has 0 bridgehead atoms. The van der Waals surface area contributed by atoms with Crippen LogP contribution in [0.1, 0.15) is 24.9 Å². The Morgan fingerprint density at radius 1 is 1.48 bits per heavy atom. The number of aromatic nitrogens is 2. The molecule has 0 saturated carbocycles. The van der Waals surface area contributed by atoms with Gasteiger partial charge in [-0.15, -0.1) is 0 Å². The normalized spacial score (nSPS) is 22.2. The van der Waals surface area contributed by atoms with E-state index in [1.54, 1.807) is 6.20 Å². The van der Waals surface area contributed by atoms with E-state index in [1.807, 2.05) is 12.5 Å². The number of nitrogens with zero attached hydrogens (tertiary/aromatic N) is 4. The van der Waals surface area contributed by atoms with Crippen molar-refractivity contribution in [1.29, 1.82) is 0 Å². The average molecular weight is 318 g/mol. The summed E-state index contributed by atoms with van der Waals surface area (Å²) in [6, 6.07) is 4.18. The first-order valence-electron chi connectivity index (χ1n) is 7.67. The van der Waals surface area contributed by atoms with Crippen LogP contribution in [0.2, 0.25) is 0 Å². The molecule has 1 aliphatic heterocycles. The highest BCUT2D eigenvalue weighted by Crippen LogP contribution is 2.29. The Hall–Kier alpha value is -2.28. The zero-order valence-electron chi connectivity index (χ0n) is 12.9. The highest BCUT2D eigenvalue weighted by atomic mass is 19.1. The fourth-order valence-corrected chi connectivity index (χ4v) is 3.13. The third kappa shape index (κ3) is 3.39. The van der Waals surface area contributed by atoms with Crippen LogP contribution in [0.3, 0.4) is 0 Å². The third-order valence-electron chi connectivity index (χ3n) is 4.55. The van der Waals surface area contributed by atoms with Crippen LogP contribution in [0.15, 0.2) is 36.9 Å². The van der Waals surface area contributed by atoms with E-state index in [9.17, 15) is 14.5 Å². The van der Waals surface area contributed by atoms with Gasteiger partial charge in [0, 0.05) is 43.2 Å². The molecule has 23 heavy (non-hydrogen) atoms. The van der Waals surface area contributed by atoms with Crippen LogP contribution in [0.25, 0.3) is 0 Å². The lowest BCUT2D eigenvalue weighted by Crippen LogP contribution is -2.40. The number of hydrogen-bond acceptors (Lipinski definition) is 4. The van der Waals surface area contributed by atoms with Gasteiger partial charge in [-0.3, -0.25) is 15.0 Å². The van der Waals surface area contributed by atoms with Gasteiger partial charge >= 0.3 is 0 Å². The zero-order chi connectivity index (χ0) is 16.4. The quantitative estimate of drug-likeness (QED) is 0.642. The largest absolute Gasteiger partial charge is 0.333 e. The molecule has 2 heterocycles. The van der Waals surface area contributed by atoms with E-state index in [0.29, 0.717) is 24.1 Å². The molecule has 0 radical (unpaired) electrons. The first kappa shape index (κ1) is 15.6. The van der Waals surface area contributed by atoms with Crippen molar-refractivity contribution < 1.29 is 9.31 Å². The molecule has 1 saturated heterocycles. The molecular formula is C16H19FN4O2. The van der Waals surface area contributed by atoms with Gasteiger partial charge in [-0.2, -0.15) is 0 Å². The second kappa shape index (κ2) is 6.45. The molecule has 1 fully saturated rings. The van der Waals surface area contributed by atoms with Crippen molar-refractivity contribution in [2.24, 2.45) is 5.92 Å². The summed E-state index contributed by atoms with van der Waals surface area (Å²) in [7, 11) is 0. The maximum atomic E-state index is 14.1. The minimum absolute atomic E-state index is 0.213. The number of imidazole rings is 1. The average Bonchev–Trinajstić information content (AvgIpc) is 3.05. The van der Waals surface area contributed by atoms with Crippen molar-refractivity contribution in [1.82, 2.24) is 14.5 Å². The first-order chi connectivity index (χ1) is 11.0. The highest BCUT2D eigenvalue weighted by molar-refractivity contribution is 5.34. The van der Waals surface area contributed by atoms with Crippen molar-refractivity contribution >= 4 is 5.69 Å². The van der Waals surface area contributed by atoms with Crippen molar-refractivity contribution in [3.8, 4) is 0 Å². The van der Waals surface area contributed by atoms with Crippen molar-refractivity contribution in [3.63, 3.8) is 0 Å².